The fourth-order valence-electron chi connectivity index (χ4n) is 5.59. The quantitative estimate of drug-likeness (QED) is 0.0212. The van der Waals surface area contributed by atoms with Gasteiger partial charge in [0.05, 0.1) is 40.3 Å². The highest BCUT2D eigenvalue weighted by Gasteiger charge is 2.25. The van der Waals surface area contributed by atoms with E-state index in [1.54, 1.807) is 21.1 Å². The number of ether oxygens (including phenoxy) is 3. The maximum atomic E-state index is 12.6. The number of rotatable bonds is 35. The Labute approximate surface area is 312 Å². The smallest absolute Gasteiger partial charge is 0.306 e. The summed E-state index contributed by atoms with van der Waals surface area (Å²) in [5.74, 6) is -1.77. The maximum absolute atomic E-state index is 12.6. The minimum atomic E-state index is -1.13. The van der Waals surface area contributed by atoms with E-state index in [1.165, 1.54) is 57.8 Å². The van der Waals surface area contributed by atoms with Gasteiger partial charge in [-0.2, -0.15) is 0 Å². The van der Waals surface area contributed by atoms with Crippen molar-refractivity contribution in [2.24, 2.45) is 0 Å². The molecule has 294 valence electrons. The molecule has 0 spiro atoms. The van der Waals surface area contributed by atoms with Gasteiger partial charge in [0, 0.05) is 19.3 Å². The Morgan fingerprint density at radius 3 is 1.67 bits per heavy atom. The lowest BCUT2D eigenvalue weighted by molar-refractivity contribution is -0.889. The zero-order chi connectivity index (χ0) is 37.8. The molecule has 8 nitrogen and oxygen atoms in total. The fourth-order valence-corrected chi connectivity index (χ4v) is 5.59. The van der Waals surface area contributed by atoms with Crippen molar-refractivity contribution in [3.8, 4) is 0 Å². The van der Waals surface area contributed by atoms with Crippen molar-refractivity contribution in [1.82, 2.24) is 0 Å². The minimum Gasteiger partial charge on any atom is -0.544 e. The van der Waals surface area contributed by atoms with Gasteiger partial charge in [-0.3, -0.25) is 9.59 Å². The number of carbonyl (C=O) groups is 3. The molecule has 0 saturated heterocycles. The normalized spacial score (nSPS) is 13.5. The SMILES string of the molecule is CC/C=C/C=C/C=C/CCCCCCCCCC(=O)OCC(COCCC(C(=O)[O-])[N+](C)(C)C)OC(=O)CCCCCCC/C=C/CCCCC. The van der Waals surface area contributed by atoms with E-state index in [1.807, 2.05) is 0 Å². The molecule has 2 atom stereocenters. The molecule has 0 saturated carbocycles. The molecule has 0 aromatic heterocycles. The molecule has 0 fully saturated rings. The molecular formula is C43H75NO7. The van der Waals surface area contributed by atoms with Crippen molar-refractivity contribution in [1.29, 1.82) is 0 Å². The Bertz CT molecular complexity index is 979. The number of nitrogens with zero attached hydrogens (tertiary/aromatic N) is 1. The standard InChI is InChI=1S/C43H75NO7/c1-6-8-10-12-14-16-18-20-21-22-24-25-27-29-31-33-41(45)50-38-39(37-49-36-35-40(43(47)48)44(3,4)5)51-42(46)34-32-30-28-26-23-19-17-15-13-11-9-7-2/h8,10,12,14-18,39-40H,6-7,9,11,13,19-38H2,1-5H3/b10-8+,14-12+,17-15+,18-16+. The van der Waals surface area contributed by atoms with E-state index in [0.717, 1.165) is 64.2 Å². The Kier molecular flexibility index (Phi) is 32.6. The number of esters is 2. The first kappa shape index (κ1) is 48.3. The van der Waals surface area contributed by atoms with E-state index >= 15 is 0 Å². The molecule has 51 heavy (non-hydrogen) atoms. The summed E-state index contributed by atoms with van der Waals surface area (Å²) in [6.45, 7) is 4.47. The van der Waals surface area contributed by atoms with Crippen molar-refractivity contribution in [3.05, 3.63) is 48.6 Å². The van der Waals surface area contributed by atoms with Crippen molar-refractivity contribution in [3.63, 3.8) is 0 Å². The second-order valence-corrected chi connectivity index (χ2v) is 14.5. The first-order valence-corrected chi connectivity index (χ1v) is 20.2. The molecule has 0 N–H and O–H groups in total. The van der Waals surface area contributed by atoms with Gasteiger partial charge in [0.25, 0.3) is 0 Å². The highest BCUT2D eigenvalue weighted by Crippen LogP contribution is 2.13. The van der Waals surface area contributed by atoms with Crippen LogP contribution in [0.2, 0.25) is 0 Å². The summed E-state index contributed by atoms with van der Waals surface area (Å²) in [4.78, 5) is 36.7. The predicted molar refractivity (Wildman–Crippen MR) is 208 cm³/mol. The first-order valence-electron chi connectivity index (χ1n) is 20.2. The Hall–Kier alpha value is -2.71. The number of likely N-dealkylation sites (N-methyl/N-ethyl adjacent to an activating group) is 1. The van der Waals surface area contributed by atoms with Crippen LogP contribution >= 0.6 is 0 Å². The molecule has 0 radical (unpaired) electrons. The zero-order valence-electron chi connectivity index (χ0n) is 33.3. The van der Waals surface area contributed by atoms with Gasteiger partial charge in [-0.25, -0.2) is 0 Å². The van der Waals surface area contributed by atoms with E-state index < -0.39 is 18.1 Å². The topological polar surface area (TPSA) is 102 Å². The van der Waals surface area contributed by atoms with Crippen LogP contribution in [0, 0.1) is 0 Å². The van der Waals surface area contributed by atoms with Gasteiger partial charge in [0.15, 0.2) is 6.10 Å². The van der Waals surface area contributed by atoms with Crippen LogP contribution in [-0.2, 0) is 28.6 Å². The number of unbranched alkanes of at least 4 members (excludes halogenated alkanes) is 15. The van der Waals surface area contributed by atoms with Gasteiger partial charge in [0.2, 0.25) is 0 Å². The Balaban J connectivity index is 4.42. The molecule has 0 aliphatic heterocycles. The van der Waals surface area contributed by atoms with E-state index in [4.69, 9.17) is 14.2 Å². The number of allylic oxidation sites excluding steroid dienone is 8. The molecule has 0 aliphatic rings. The third-order valence-corrected chi connectivity index (χ3v) is 8.76. The molecule has 0 aromatic carbocycles. The third kappa shape index (κ3) is 32.9. The number of carbonyl (C=O) groups excluding carboxylic acids is 3. The van der Waals surface area contributed by atoms with Crippen LogP contribution in [0.4, 0.5) is 0 Å². The second-order valence-electron chi connectivity index (χ2n) is 14.5. The van der Waals surface area contributed by atoms with Crippen LogP contribution in [0.3, 0.4) is 0 Å². The van der Waals surface area contributed by atoms with Gasteiger partial charge in [-0.15, -0.1) is 0 Å². The molecule has 0 bridgehead atoms. The second kappa shape index (κ2) is 34.4. The molecule has 8 heteroatoms. The summed E-state index contributed by atoms with van der Waals surface area (Å²) in [5, 5.41) is 11.6. The van der Waals surface area contributed by atoms with E-state index in [-0.39, 0.29) is 42.7 Å². The molecule has 0 aromatic rings. The largest absolute Gasteiger partial charge is 0.544 e. The van der Waals surface area contributed by atoms with Gasteiger partial charge in [0.1, 0.15) is 12.6 Å². The first-order chi connectivity index (χ1) is 24.6. The van der Waals surface area contributed by atoms with Crippen molar-refractivity contribution < 1.29 is 38.2 Å². The lowest BCUT2D eigenvalue weighted by Crippen LogP contribution is -2.55. The fraction of sp³-hybridized carbons (Fsp3) is 0.744. The number of quaternary nitrogens is 1. The van der Waals surface area contributed by atoms with Crippen LogP contribution in [0.25, 0.3) is 0 Å². The summed E-state index contributed by atoms with van der Waals surface area (Å²) >= 11 is 0. The summed E-state index contributed by atoms with van der Waals surface area (Å²) in [7, 11) is 5.39. The van der Waals surface area contributed by atoms with Gasteiger partial charge >= 0.3 is 11.9 Å². The summed E-state index contributed by atoms with van der Waals surface area (Å²) in [6.07, 6.45) is 38.4. The van der Waals surface area contributed by atoms with Crippen LogP contribution in [-0.4, -0.2) is 75.5 Å². The average molecular weight is 718 g/mol. The van der Waals surface area contributed by atoms with Crippen molar-refractivity contribution in [2.75, 3.05) is 41.0 Å². The molecule has 0 aliphatic carbocycles. The Morgan fingerprint density at radius 2 is 1.12 bits per heavy atom. The maximum Gasteiger partial charge on any atom is 0.306 e. The van der Waals surface area contributed by atoms with Gasteiger partial charge in [-0.05, 0) is 57.8 Å². The van der Waals surface area contributed by atoms with Crippen molar-refractivity contribution in [2.45, 2.75) is 167 Å². The number of aliphatic carboxylic acids is 1. The van der Waals surface area contributed by atoms with E-state index in [2.05, 4.69) is 62.5 Å². The summed E-state index contributed by atoms with van der Waals surface area (Å²) in [5.41, 5.74) is 0. The lowest BCUT2D eigenvalue weighted by Gasteiger charge is -2.34. The highest BCUT2D eigenvalue weighted by molar-refractivity contribution is 5.70. The minimum absolute atomic E-state index is 0.0324. The van der Waals surface area contributed by atoms with Crippen LogP contribution < -0.4 is 5.11 Å². The molecule has 0 heterocycles. The number of carboxylic acids is 1. The zero-order valence-corrected chi connectivity index (χ0v) is 33.3. The van der Waals surface area contributed by atoms with Gasteiger partial charge in [-0.1, -0.05) is 127 Å². The molecule has 0 amide bonds. The number of carboxylic acid groups (broad SMARTS) is 1. The summed E-state index contributed by atoms with van der Waals surface area (Å²) < 4.78 is 17.1. The van der Waals surface area contributed by atoms with Crippen LogP contribution in [0.15, 0.2) is 48.6 Å². The van der Waals surface area contributed by atoms with Crippen molar-refractivity contribution >= 4 is 17.9 Å². The highest BCUT2D eigenvalue weighted by atomic mass is 16.6. The summed E-state index contributed by atoms with van der Waals surface area (Å²) in [6, 6.07) is -0.728. The predicted octanol–water partition coefficient (Wildman–Crippen LogP) is 9.13. The molecular weight excluding hydrogens is 642 g/mol. The van der Waals surface area contributed by atoms with E-state index in [9.17, 15) is 19.5 Å². The molecule has 0 rings (SSSR count). The lowest BCUT2D eigenvalue weighted by atomic mass is 10.1. The monoisotopic (exact) mass is 718 g/mol. The average Bonchev–Trinajstić information content (AvgIpc) is 3.08. The van der Waals surface area contributed by atoms with E-state index in [0.29, 0.717) is 12.8 Å². The number of hydrogen-bond acceptors (Lipinski definition) is 7. The van der Waals surface area contributed by atoms with Gasteiger partial charge < -0.3 is 28.6 Å². The Morgan fingerprint density at radius 1 is 0.608 bits per heavy atom. The third-order valence-electron chi connectivity index (χ3n) is 8.76. The van der Waals surface area contributed by atoms with Crippen LogP contribution in [0.5, 0.6) is 0 Å². The number of hydrogen-bond donors (Lipinski definition) is 0. The van der Waals surface area contributed by atoms with Crippen LogP contribution in [0.1, 0.15) is 155 Å². The molecule has 2 unspecified atom stereocenters.